The molecule has 2 aliphatic rings. The van der Waals surface area contributed by atoms with Crippen LogP contribution in [0.5, 0.6) is 0 Å². The number of piperidine rings is 1. The molecule has 1 saturated carbocycles. The highest BCUT2D eigenvalue weighted by Crippen LogP contribution is 2.59. The molecule has 0 radical (unpaired) electrons. The summed E-state index contributed by atoms with van der Waals surface area (Å²) < 4.78 is 27.5. The van der Waals surface area contributed by atoms with E-state index in [0.717, 1.165) is 32.3 Å². The summed E-state index contributed by atoms with van der Waals surface area (Å²) in [5.74, 6) is -2.57. The molecule has 0 bridgehead atoms. The van der Waals surface area contributed by atoms with Gasteiger partial charge in [0.15, 0.2) is 0 Å². The molecule has 3 nitrogen and oxygen atoms in total. The molecule has 116 valence electrons. The smallest absolute Gasteiger partial charge is 0.258 e. The van der Waals surface area contributed by atoms with Crippen LogP contribution in [0.3, 0.4) is 0 Å². The number of thiazole rings is 1. The summed E-state index contributed by atoms with van der Waals surface area (Å²) in [5.41, 5.74) is 2.07. The predicted molar refractivity (Wildman–Crippen MR) is 85.7 cm³/mol. The molecule has 0 amide bonds. The number of aryl methyl sites for hydroxylation is 1. The van der Waals surface area contributed by atoms with Crippen molar-refractivity contribution in [2.45, 2.75) is 19.3 Å². The van der Waals surface area contributed by atoms with Crippen molar-refractivity contribution < 1.29 is 8.78 Å². The molecule has 2 aromatic heterocycles. The fourth-order valence-corrected chi connectivity index (χ4v) is 4.49. The van der Waals surface area contributed by atoms with Gasteiger partial charge in [-0.25, -0.2) is 18.7 Å². The van der Waals surface area contributed by atoms with Gasteiger partial charge in [0, 0.05) is 25.2 Å². The number of hydrogen-bond acceptors (Lipinski definition) is 4. The van der Waals surface area contributed by atoms with Crippen LogP contribution >= 0.6 is 27.3 Å². The molecule has 0 aromatic carbocycles. The Hall–Kier alpha value is -1.08. The molecule has 2 atom stereocenters. The summed E-state index contributed by atoms with van der Waals surface area (Å²) in [7, 11) is 0. The molecule has 3 heterocycles. The van der Waals surface area contributed by atoms with Gasteiger partial charge in [0.1, 0.15) is 5.82 Å². The third-order valence-corrected chi connectivity index (χ3v) is 6.05. The summed E-state index contributed by atoms with van der Waals surface area (Å²) in [6, 6.07) is 3.98. The standard InChI is InChI=1S/C15H14BrF2N3S/c1-8-9(4-14-19-5-12(16)22-14)2-3-13(20-8)21-6-10-11(7-21)15(10,17)18/h2-3,5,10-11H,4,6-7H2,1H3. The first-order chi connectivity index (χ1) is 10.4. The maximum Gasteiger partial charge on any atom is 0.258 e. The summed E-state index contributed by atoms with van der Waals surface area (Å²) in [6.07, 6.45) is 2.55. The first-order valence-electron chi connectivity index (χ1n) is 7.14. The topological polar surface area (TPSA) is 29.0 Å². The number of fused-ring (bicyclic) bond motifs is 1. The molecule has 1 aliphatic heterocycles. The van der Waals surface area contributed by atoms with Crippen LogP contribution < -0.4 is 4.90 Å². The highest BCUT2D eigenvalue weighted by atomic mass is 79.9. The lowest BCUT2D eigenvalue weighted by molar-refractivity contribution is 0.0797. The second-order valence-corrected chi connectivity index (χ2v) is 8.44. The van der Waals surface area contributed by atoms with Crippen LogP contribution in [0.2, 0.25) is 0 Å². The zero-order valence-corrected chi connectivity index (χ0v) is 14.3. The van der Waals surface area contributed by atoms with Crippen molar-refractivity contribution in [1.29, 1.82) is 0 Å². The number of rotatable bonds is 3. The number of halogens is 3. The van der Waals surface area contributed by atoms with Crippen molar-refractivity contribution in [2.75, 3.05) is 18.0 Å². The molecule has 22 heavy (non-hydrogen) atoms. The van der Waals surface area contributed by atoms with Crippen LogP contribution in [-0.4, -0.2) is 29.0 Å². The summed E-state index contributed by atoms with van der Waals surface area (Å²) in [5, 5.41) is 1.03. The SMILES string of the molecule is Cc1nc(N2CC3C(C2)C3(F)F)ccc1Cc1ncc(Br)s1. The molecule has 2 aromatic rings. The number of nitrogens with zero attached hydrogens (tertiary/aromatic N) is 3. The van der Waals surface area contributed by atoms with E-state index in [1.54, 1.807) is 17.5 Å². The third-order valence-electron chi connectivity index (χ3n) is 4.57. The van der Waals surface area contributed by atoms with Crippen LogP contribution in [0.15, 0.2) is 22.1 Å². The van der Waals surface area contributed by atoms with Gasteiger partial charge in [-0.1, -0.05) is 6.07 Å². The van der Waals surface area contributed by atoms with Crippen LogP contribution in [0, 0.1) is 18.8 Å². The zero-order chi connectivity index (χ0) is 15.5. The molecule has 7 heteroatoms. The zero-order valence-electron chi connectivity index (χ0n) is 11.9. The predicted octanol–water partition coefficient (Wildman–Crippen LogP) is 3.90. The van der Waals surface area contributed by atoms with Crippen LogP contribution in [-0.2, 0) is 6.42 Å². The fourth-order valence-electron chi connectivity index (χ4n) is 3.17. The molecule has 1 aliphatic carbocycles. The summed E-state index contributed by atoms with van der Waals surface area (Å²) >= 11 is 5.02. The van der Waals surface area contributed by atoms with E-state index in [2.05, 4.69) is 25.9 Å². The van der Waals surface area contributed by atoms with E-state index in [9.17, 15) is 8.78 Å². The van der Waals surface area contributed by atoms with Gasteiger partial charge in [-0.05, 0) is 34.5 Å². The monoisotopic (exact) mass is 385 g/mol. The Kier molecular flexibility index (Phi) is 3.27. The average molecular weight is 386 g/mol. The molecule has 0 N–H and O–H groups in total. The normalized spacial score (nSPS) is 25.4. The van der Waals surface area contributed by atoms with Crippen molar-refractivity contribution in [1.82, 2.24) is 9.97 Å². The highest BCUT2D eigenvalue weighted by molar-refractivity contribution is 9.11. The third kappa shape index (κ3) is 2.34. The lowest BCUT2D eigenvalue weighted by atomic mass is 10.1. The van der Waals surface area contributed by atoms with E-state index >= 15 is 0 Å². The summed E-state index contributed by atoms with van der Waals surface area (Å²) in [4.78, 5) is 10.9. The van der Waals surface area contributed by atoms with Gasteiger partial charge in [-0.2, -0.15) is 0 Å². The Morgan fingerprint density at radius 3 is 2.68 bits per heavy atom. The van der Waals surface area contributed by atoms with Crippen molar-refractivity contribution in [3.8, 4) is 0 Å². The van der Waals surface area contributed by atoms with Gasteiger partial charge in [0.2, 0.25) is 0 Å². The molecule has 2 fully saturated rings. The average Bonchev–Trinajstić information content (AvgIpc) is 2.90. The van der Waals surface area contributed by atoms with Gasteiger partial charge >= 0.3 is 0 Å². The van der Waals surface area contributed by atoms with E-state index in [1.807, 2.05) is 24.0 Å². The van der Waals surface area contributed by atoms with Crippen LogP contribution in [0.4, 0.5) is 14.6 Å². The maximum atomic E-state index is 13.3. The lowest BCUT2D eigenvalue weighted by Gasteiger charge is -2.21. The Labute approximate surface area is 139 Å². The number of alkyl halides is 2. The molecule has 0 spiro atoms. The Morgan fingerprint density at radius 1 is 1.36 bits per heavy atom. The van der Waals surface area contributed by atoms with Gasteiger partial charge in [-0.15, -0.1) is 11.3 Å². The van der Waals surface area contributed by atoms with Crippen molar-refractivity contribution in [3.63, 3.8) is 0 Å². The fraction of sp³-hybridized carbons (Fsp3) is 0.467. The second kappa shape index (κ2) is 4.96. The second-order valence-electron chi connectivity index (χ2n) is 5.94. The first kappa shape index (κ1) is 14.5. The minimum Gasteiger partial charge on any atom is -0.356 e. The largest absolute Gasteiger partial charge is 0.356 e. The Balaban J connectivity index is 1.49. The van der Waals surface area contributed by atoms with E-state index in [4.69, 9.17) is 0 Å². The number of pyridine rings is 1. The molecule has 2 unspecified atom stereocenters. The van der Waals surface area contributed by atoms with E-state index < -0.39 is 17.8 Å². The van der Waals surface area contributed by atoms with Gasteiger partial charge in [0.05, 0.1) is 26.8 Å². The van der Waals surface area contributed by atoms with E-state index in [0.29, 0.717) is 13.1 Å². The van der Waals surface area contributed by atoms with Gasteiger partial charge in [0.25, 0.3) is 5.92 Å². The molecule has 4 rings (SSSR count). The van der Waals surface area contributed by atoms with Gasteiger partial charge in [-0.3, -0.25) is 0 Å². The van der Waals surface area contributed by atoms with Crippen LogP contribution in [0.1, 0.15) is 16.3 Å². The lowest BCUT2D eigenvalue weighted by Crippen LogP contribution is -2.28. The summed E-state index contributed by atoms with van der Waals surface area (Å²) in [6.45, 7) is 2.80. The van der Waals surface area contributed by atoms with E-state index in [-0.39, 0.29) is 0 Å². The van der Waals surface area contributed by atoms with Crippen molar-refractivity contribution in [2.24, 2.45) is 11.8 Å². The van der Waals surface area contributed by atoms with Gasteiger partial charge < -0.3 is 4.90 Å². The van der Waals surface area contributed by atoms with Crippen LogP contribution in [0.25, 0.3) is 0 Å². The number of aromatic nitrogens is 2. The molecule has 1 saturated heterocycles. The minimum absolute atomic E-state index is 0.420. The molecular weight excluding hydrogens is 372 g/mol. The number of hydrogen-bond donors (Lipinski definition) is 0. The van der Waals surface area contributed by atoms with Crippen molar-refractivity contribution >= 4 is 33.1 Å². The molecular formula is C15H14BrF2N3S. The quantitative estimate of drug-likeness (QED) is 0.801. The Bertz CT molecular complexity index is 719. The first-order valence-corrected chi connectivity index (χ1v) is 8.75. The van der Waals surface area contributed by atoms with E-state index in [1.165, 1.54) is 0 Å². The maximum absolute atomic E-state index is 13.3. The van der Waals surface area contributed by atoms with Crippen molar-refractivity contribution in [3.05, 3.63) is 38.4 Å². The Morgan fingerprint density at radius 2 is 2.09 bits per heavy atom. The number of anilines is 1. The highest BCUT2D eigenvalue weighted by Gasteiger charge is 2.71. The minimum atomic E-state index is -2.44.